The molecule has 0 spiro atoms. The molecule has 7 heteroatoms. The Labute approximate surface area is 104 Å². The lowest BCUT2D eigenvalue weighted by Gasteiger charge is -2.15. The zero-order valence-electron chi connectivity index (χ0n) is 9.72. The van der Waals surface area contributed by atoms with Gasteiger partial charge in [0.2, 0.25) is 15.9 Å². The zero-order chi connectivity index (χ0) is 13.3. The van der Waals surface area contributed by atoms with Gasteiger partial charge < -0.3 is 4.74 Å². The molecule has 0 bridgehead atoms. The Hall–Kier alpha value is -1.63. The van der Waals surface area contributed by atoms with Crippen LogP contribution < -0.4 is 4.74 Å². The minimum Gasteiger partial charge on any atom is -0.494 e. The van der Waals surface area contributed by atoms with Gasteiger partial charge in [0.1, 0.15) is 0 Å². The van der Waals surface area contributed by atoms with Crippen LogP contribution in [-0.2, 0) is 21.4 Å². The van der Waals surface area contributed by atoms with Crippen molar-refractivity contribution < 1.29 is 22.3 Å². The lowest BCUT2D eigenvalue weighted by atomic mass is 10.2. The Kier molecular flexibility index (Phi) is 3.25. The monoisotopic (exact) mass is 273 g/mol. The average molecular weight is 273 g/mol. The molecular formula is C11H12FNO4S. The van der Waals surface area contributed by atoms with Gasteiger partial charge in [-0.25, -0.2) is 17.1 Å². The van der Waals surface area contributed by atoms with E-state index in [4.69, 9.17) is 4.74 Å². The Bertz CT molecular complexity index is 585. The SMILES string of the molecule is COc1ccc(CN2C(=O)CCS2(=O)=O)cc1F. The smallest absolute Gasteiger partial charge is 0.238 e. The summed E-state index contributed by atoms with van der Waals surface area (Å²) in [5, 5.41) is 0. The van der Waals surface area contributed by atoms with Crippen molar-refractivity contribution >= 4 is 15.9 Å². The molecule has 18 heavy (non-hydrogen) atoms. The van der Waals surface area contributed by atoms with Gasteiger partial charge in [-0.1, -0.05) is 6.07 Å². The number of benzene rings is 1. The Morgan fingerprint density at radius 2 is 2.17 bits per heavy atom. The second kappa shape index (κ2) is 4.56. The number of rotatable bonds is 3. The third-order valence-corrected chi connectivity index (χ3v) is 4.45. The van der Waals surface area contributed by atoms with Crippen LogP contribution in [0.5, 0.6) is 5.75 Å². The maximum Gasteiger partial charge on any atom is 0.238 e. The fourth-order valence-electron chi connectivity index (χ4n) is 1.77. The summed E-state index contributed by atoms with van der Waals surface area (Å²) >= 11 is 0. The average Bonchev–Trinajstić information content (AvgIpc) is 2.56. The van der Waals surface area contributed by atoms with E-state index in [0.717, 1.165) is 4.31 Å². The molecule has 2 rings (SSSR count). The van der Waals surface area contributed by atoms with Crippen LogP contribution in [-0.4, -0.2) is 31.5 Å². The van der Waals surface area contributed by atoms with Gasteiger partial charge in [0.05, 0.1) is 19.4 Å². The molecular weight excluding hydrogens is 261 g/mol. The van der Waals surface area contributed by atoms with Crippen LogP contribution >= 0.6 is 0 Å². The molecule has 1 saturated heterocycles. The summed E-state index contributed by atoms with van der Waals surface area (Å²) in [5.74, 6) is -1.13. The molecule has 1 aliphatic heterocycles. The van der Waals surface area contributed by atoms with Gasteiger partial charge in [0.15, 0.2) is 11.6 Å². The lowest BCUT2D eigenvalue weighted by molar-refractivity contribution is -0.125. The number of carbonyl (C=O) groups excluding carboxylic acids is 1. The Morgan fingerprint density at radius 3 is 2.67 bits per heavy atom. The second-order valence-electron chi connectivity index (χ2n) is 3.94. The maximum atomic E-state index is 13.4. The number of methoxy groups -OCH3 is 1. The maximum absolute atomic E-state index is 13.4. The summed E-state index contributed by atoms with van der Waals surface area (Å²) < 4.78 is 42.1. The molecule has 0 unspecified atom stereocenters. The molecule has 1 aromatic carbocycles. The predicted octanol–water partition coefficient (Wildman–Crippen LogP) is 0.896. The summed E-state index contributed by atoms with van der Waals surface area (Å²) in [5.41, 5.74) is 0.409. The first-order chi connectivity index (χ1) is 8.44. The van der Waals surface area contributed by atoms with Crippen molar-refractivity contribution in [1.82, 2.24) is 4.31 Å². The van der Waals surface area contributed by atoms with E-state index in [-0.39, 0.29) is 24.5 Å². The molecule has 5 nitrogen and oxygen atoms in total. The molecule has 98 valence electrons. The Balaban J connectivity index is 2.24. The molecule has 1 fully saturated rings. The number of halogens is 1. The van der Waals surface area contributed by atoms with Gasteiger partial charge in [0, 0.05) is 6.42 Å². The van der Waals surface area contributed by atoms with Crippen molar-refractivity contribution in [2.45, 2.75) is 13.0 Å². The van der Waals surface area contributed by atoms with Crippen molar-refractivity contribution in [3.8, 4) is 5.75 Å². The first-order valence-corrected chi connectivity index (χ1v) is 6.90. The van der Waals surface area contributed by atoms with Gasteiger partial charge in [-0.15, -0.1) is 0 Å². The predicted molar refractivity (Wildman–Crippen MR) is 61.9 cm³/mol. The lowest BCUT2D eigenvalue weighted by Crippen LogP contribution is -2.29. The normalized spacial score (nSPS) is 18.1. The van der Waals surface area contributed by atoms with E-state index in [1.807, 2.05) is 0 Å². The highest BCUT2D eigenvalue weighted by Crippen LogP contribution is 2.22. The zero-order valence-corrected chi connectivity index (χ0v) is 10.5. The summed E-state index contributed by atoms with van der Waals surface area (Å²) in [6.45, 7) is -0.137. The third-order valence-electron chi connectivity index (χ3n) is 2.73. The fraction of sp³-hybridized carbons (Fsp3) is 0.364. The van der Waals surface area contributed by atoms with E-state index in [2.05, 4.69) is 0 Å². The van der Waals surface area contributed by atoms with E-state index < -0.39 is 21.7 Å². The first-order valence-electron chi connectivity index (χ1n) is 5.30. The summed E-state index contributed by atoms with van der Waals surface area (Å²) in [6.07, 6.45) is -0.0129. The van der Waals surface area contributed by atoms with Crippen LogP contribution in [0.25, 0.3) is 0 Å². The van der Waals surface area contributed by atoms with Crippen LogP contribution in [0.3, 0.4) is 0 Å². The standard InChI is InChI=1S/C11H12FNO4S/c1-17-10-3-2-8(6-9(10)12)7-13-11(14)4-5-18(13,15)16/h2-3,6H,4-5,7H2,1H3. The van der Waals surface area contributed by atoms with Crippen LogP contribution in [0.4, 0.5) is 4.39 Å². The van der Waals surface area contributed by atoms with Gasteiger partial charge in [-0.3, -0.25) is 4.79 Å². The van der Waals surface area contributed by atoms with E-state index in [1.165, 1.54) is 25.3 Å². The minimum absolute atomic E-state index is 0.0129. The van der Waals surface area contributed by atoms with Crippen molar-refractivity contribution in [2.24, 2.45) is 0 Å². The van der Waals surface area contributed by atoms with Gasteiger partial charge in [-0.2, -0.15) is 0 Å². The van der Waals surface area contributed by atoms with Crippen LogP contribution in [0.15, 0.2) is 18.2 Å². The molecule has 1 aliphatic rings. The molecule has 0 aliphatic carbocycles. The number of amides is 1. The van der Waals surface area contributed by atoms with Gasteiger partial charge >= 0.3 is 0 Å². The van der Waals surface area contributed by atoms with E-state index in [9.17, 15) is 17.6 Å². The van der Waals surface area contributed by atoms with E-state index in [1.54, 1.807) is 0 Å². The van der Waals surface area contributed by atoms with Gasteiger partial charge in [-0.05, 0) is 17.7 Å². The quantitative estimate of drug-likeness (QED) is 0.820. The van der Waals surface area contributed by atoms with Gasteiger partial charge in [0.25, 0.3) is 0 Å². The highest BCUT2D eigenvalue weighted by Gasteiger charge is 2.34. The summed E-state index contributed by atoms with van der Waals surface area (Å²) in [7, 11) is -2.19. The molecule has 0 aromatic heterocycles. The number of carbonyl (C=O) groups is 1. The highest BCUT2D eigenvalue weighted by molar-refractivity contribution is 7.90. The molecule has 1 amide bonds. The summed E-state index contributed by atoms with van der Waals surface area (Å²) in [4.78, 5) is 11.4. The number of ether oxygens (including phenoxy) is 1. The second-order valence-corrected chi connectivity index (χ2v) is 5.95. The minimum atomic E-state index is -3.53. The third kappa shape index (κ3) is 2.31. The Morgan fingerprint density at radius 1 is 1.44 bits per heavy atom. The molecule has 1 heterocycles. The topological polar surface area (TPSA) is 63.7 Å². The van der Waals surface area contributed by atoms with E-state index in [0.29, 0.717) is 5.56 Å². The molecule has 0 N–H and O–H groups in total. The number of nitrogens with zero attached hydrogens (tertiary/aromatic N) is 1. The van der Waals surface area contributed by atoms with Crippen LogP contribution in [0.1, 0.15) is 12.0 Å². The largest absolute Gasteiger partial charge is 0.494 e. The number of sulfonamides is 1. The molecule has 0 atom stereocenters. The van der Waals surface area contributed by atoms with Crippen molar-refractivity contribution in [3.05, 3.63) is 29.6 Å². The van der Waals surface area contributed by atoms with E-state index >= 15 is 0 Å². The first kappa shape index (κ1) is 12.8. The van der Waals surface area contributed by atoms with Crippen molar-refractivity contribution in [1.29, 1.82) is 0 Å². The number of hydrogen-bond acceptors (Lipinski definition) is 4. The molecule has 0 radical (unpaired) electrons. The summed E-state index contributed by atoms with van der Waals surface area (Å²) in [6, 6.07) is 4.10. The van der Waals surface area contributed by atoms with Crippen LogP contribution in [0.2, 0.25) is 0 Å². The van der Waals surface area contributed by atoms with Crippen LogP contribution in [0, 0.1) is 5.82 Å². The molecule has 0 saturated carbocycles. The molecule has 1 aromatic rings. The highest BCUT2D eigenvalue weighted by atomic mass is 32.2. The number of hydrogen-bond donors (Lipinski definition) is 0. The fourth-order valence-corrected chi connectivity index (χ4v) is 3.17. The van der Waals surface area contributed by atoms with Crippen molar-refractivity contribution in [2.75, 3.05) is 12.9 Å². The van der Waals surface area contributed by atoms with Crippen molar-refractivity contribution in [3.63, 3.8) is 0 Å².